The van der Waals surface area contributed by atoms with Crippen molar-refractivity contribution in [2.75, 3.05) is 33.2 Å². The quantitative estimate of drug-likeness (QED) is 0.613. The van der Waals surface area contributed by atoms with Gasteiger partial charge in [0.15, 0.2) is 5.76 Å². The van der Waals surface area contributed by atoms with Crippen molar-refractivity contribution in [2.24, 2.45) is 0 Å². The van der Waals surface area contributed by atoms with E-state index in [1.165, 1.54) is 0 Å². The molecular weight excluding hydrogens is 367 g/mol. The molecule has 2 rings (SSSR count). The summed E-state index contributed by atoms with van der Waals surface area (Å²) in [5.41, 5.74) is 2.06. The molecule has 0 fully saturated rings. The largest absolute Gasteiger partial charge is 0.462 e. The van der Waals surface area contributed by atoms with Crippen LogP contribution >= 0.6 is 36.4 Å². The highest BCUT2D eigenvalue weighted by molar-refractivity contribution is 6.33. The Morgan fingerprint density at radius 3 is 2.21 bits per heavy atom. The molecule has 1 aromatic heterocycles. The summed E-state index contributed by atoms with van der Waals surface area (Å²) < 4.78 is 5.68. The van der Waals surface area contributed by atoms with Crippen molar-refractivity contribution in [3.8, 4) is 11.3 Å². The Balaban J connectivity index is 0.00000264. The predicted molar refractivity (Wildman–Crippen MR) is 108 cm³/mol. The molecule has 1 aromatic carbocycles. The molecule has 1 heterocycles. The summed E-state index contributed by atoms with van der Waals surface area (Å²) in [4.78, 5) is 4.70. The van der Waals surface area contributed by atoms with Crippen LogP contribution in [0.2, 0.25) is 5.02 Å². The molecule has 3 nitrogen and oxygen atoms in total. The molecule has 0 bridgehead atoms. The summed E-state index contributed by atoms with van der Waals surface area (Å²) in [5, 5.41) is 0.723. The van der Waals surface area contributed by atoms with E-state index in [2.05, 4.69) is 30.7 Å². The lowest BCUT2D eigenvalue weighted by Gasteiger charge is -2.22. The van der Waals surface area contributed by atoms with Gasteiger partial charge in [0.25, 0.3) is 0 Å². The Hall–Kier alpha value is -0.710. The van der Waals surface area contributed by atoms with Crippen LogP contribution < -0.4 is 0 Å². The Morgan fingerprint density at radius 1 is 1.00 bits per heavy atom. The van der Waals surface area contributed by atoms with E-state index in [-0.39, 0.29) is 24.8 Å². The van der Waals surface area contributed by atoms with E-state index in [0.29, 0.717) is 0 Å². The minimum atomic E-state index is 0. The molecule has 0 aliphatic rings. The van der Waals surface area contributed by atoms with Gasteiger partial charge in [-0.3, -0.25) is 0 Å². The van der Waals surface area contributed by atoms with Crippen molar-refractivity contribution in [1.82, 2.24) is 9.80 Å². The highest BCUT2D eigenvalue weighted by Gasteiger charge is 2.15. The molecule has 0 N–H and O–H groups in total. The third-order valence-electron chi connectivity index (χ3n) is 3.97. The lowest BCUT2D eigenvalue weighted by molar-refractivity contribution is 0.236. The van der Waals surface area contributed by atoms with Crippen LogP contribution in [0.4, 0.5) is 0 Å². The first-order valence-corrected chi connectivity index (χ1v) is 8.25. The average molecular weight is 394 g/mol. The fourth-order valence-electron chi connectivity index (χ4n) is 2.49. The second kappa shape index (κ2) is 11.8. The van der Waals surface area contributed by atoms with Gasteiger partial charge in [0.2, 0.25) is 0 Å². The van der Waals surface area contributed by atoms with Crippen LogP contribution in [0.25, 0.3) is 11.3 Å². The zero-order chi connectivity index (χ0) is 15.9. The topological polar surface area (TPSA) is 19.6 Å². The molecule has 0 radical (unpaired) electrons. The van der Waals surface area contributed by atoms with Gasteiger partial charge < -0.3 is 14.2 Å². The maximum Gasteiger partial charge on any atom is 0.152 e. The van der Waals surface area contributed by atoms with Crippen LogP contribution in [0.5, 0.6) is 0 Å². The smallest absolute Gasteiger partial charge is 0.152 e. The molecule has 6 heteroatoms. The van der Waals surface area contributed by atoms with Gasteiger partial charge in [0.05, 0.1) is 11.3 Å². The van der Waals surface area contributed by atoms with Gasteiger partial charge in [0.1, 0.15) is 0 Å². The van der Waals surface area contributed by atoms with E-state index >= 15 is 0 Å². The van der Waals surface area contributed by atoms with E-state index in [1.54, 1.807) is 6.26 Å². The number of hydrogen-bond acceptors (Lipinski definition) is 3. The Bertz CT molecular complexity index is 571. The van der Waals surface area contributed by atoms with E-state index in [0.717, 1.165) is 54.6 Å². The molecule has 0 spiro atoms. The van der Waals surface area contributed by atoms with Crippen molar-refractivity contribution >= 4 is 36.4 Å². The molecule has 0 unspecified atom stereocenters. The van der Waals surface area contributed by atoms with Gasteiger partial charge in [-0.25, -0.2) is 0 Å². The SMILES string of the molecule is CCN(CC)CCN(C)Cc1coc(-c2ccccc2)c1Cl.Cl.Cl. The second-order valence-corrected chi connectivity index (χ2v) is 5.91. The molecule has 0 aliphatic heterocycles. The van der Waals surface area contributed by atoms with Gasteiger partial charge >= 0.3 is 0 Å². The Labute approximate surface area is 162 Å². The summed E-state index contributed by atoms with van der Waals surface area (Å²) >= 11 is 6.49. The Morgan fingerprint density at radius 2 is 1.62 bits per heavy atom. The van der Waals surface area contributed by atoms with Crippen LogP contribution in [0.1, 0.15) is 19.4 Å². The first-order chi connectivity index (χ1) is 10.7. The van der Waals surface area contributed by atoms with Crippen molar-refractivity contribution in [3.63, 3.8) is 0 Å². The third-order valence-corrected chi connectivity index (χ3v) is 4.38. The zero-order valence-corrected chi connectivity index (χ0v) is 16.9. The molecule has 0 aliphatic carbocycles. The van der Waals surface area contributed by atoms with Crippen LogP contribution in [0.3, 0.4) is 0 Å². The van der Waals surface area contributed by atoms with E-state index in [9.17, 15) is 0 Å². The molecular formula is C18H27Cl3N2O. The van der Waals surface area contributed by atoms with Crippen molar-refractivity contribution in [1.29, 1.82) is 0 Å². The molecule has 2 aromatic rings. The van der Waals surface area contributed by atoms with Crippen molar-refractivity contribution in [2.45, 2.75) is 20.4 Å². The summed E-state index contributed by atoms with van der Waals surface area (Å²) in [7, 11) is 2.12. The molecule has 0 atom stereocenters. The average Bonchev–Trinajstić information content (AvgIpc) is 2.90. The first kappa shape index (κ1) is 23.3. The van der Waals surface area contributed by atoms with Crippen LogP contribution in [0.15, 0.2) is 41.0 Å². The summed E-state index contributed by atoms with van der Waals surface area (Å²) in [5.74, 6) is 0.759. The highest BCUT2D eigenvalue weighted by atomic mass is 35.5. The van der Waals surface area contributed by atoms with Gasteiger partial charge in [0, 0.05) is 30.8 Å². The minimum absolute atomic E-state index is 0. The lowest BCUT2D eigenvalue weighted by atomic mass is 10.1. The van der Waals surface area contributed by atoms with E-state index in [4.69, 9.17) is 16.0 Å². The molecule has 136 valence electrons. The predicted octanol–water partition coefficient (Wildman–Crippen LogP) is 5.22. The standard InChI is InChI=1S/C18H25ClN2O.2ClH/c1-4-21(5-2)12-11-20(3)13-16-14-22-18(17(16)19)15-9-7-6-8-10-15;;/h6-10,14H,4-5,11-13H2,1-3H3;2*1H. The van der Waals surface area contributed by atoms with Crippen LogP contribution in [0, 0.1) is 0 Å². The number of halogens is 3. The Kier molecular flexibility index (Phi) is 11.4. The number of hydrogen-bond donors (Lipinski definition) is 0. The normalized spacial score (nSPS) is 10.6. The fraction of sp³-hybridized carbons (Fsp3) is 0.444. The van der Waals surface area contributed by atoms with Gasteiger partial charge in [-0.1, -0.05) is 55.8 Å². The van der Waals surface area contributed by atoms with Crippen molar-refractivity contribution in [3.05, 3.63) is 47.2 Å². The first-order valence-electron chi connectivity index (χ1n) is 7.87. The van der Waals surface area contributed by atoms with Crippen LogP contribution in [-0.2, 0) is 6.54 Å². The second-order valence-electron chi connectivity index (χ2n) is 5.53. The molecule has 0 amide bonds. The lowest BCUT2D eigenvalue weighted by Crippen LogP contribution is -2.32. The maximum atomic E-state index is 6.49. The number of rotatable bonds is 8. The van der Waals surface area contributed by atoms with Gasteiger partial charge in [-0.05, 0) is 20.1 Å². The van der Waals surface area contributed by atoms with Crippen molar-refractivity contribution < 1.29 is 4.42 Å². The minimum Gasteiger partial charge on any atom is -0.462 e. The maximum absolute atomic E-state index is 6.49. The summed E-state index contributed by atoms with van der Waals surface area (Å²) in [6.45, 7) is 9.47. The zero-order valence-electron chi connectivity index (χ0n) is 14.5. The summed E-state index contributed by atoms with van der Waals surface area (Å²) in [6.07, 6.45) is 1.78. The highest BCUT2D eigenvalue weighted by Crippen LogP contribution is 2.32. The molecule has 24 heavy (non-hydrogen) atoms. The number of nitrogens with zero attached hydrogens (tertiary/aromatic N) is 2. The van der Waals surface area contributed by atoms with Gasteiger partial charge in [-0.2, -0.15) is 0 Å². The molecule has 0 saturated carbocycles. The van der Waals surface area contributed by atoms with E-state index in [1.807, 2.05) is 30.3 Å². The van der Waals surface area contributed by atoms with Gasteiger partial charge in [-0.15, -0.1) is 24.8 Å². The fourth-order valence-corrected chi connectivity index (χ4v) is 2.75. The van der Waals surface area contributed by atoms with Crippen LogP contribution in [-0.4, -0.2) is 43.0 Å². The monoisotopic (exact) mass is 392 g/mol. The van der Waals surface area contributed by atoms with E-state index < -0.39 is 0 Å². The summed E-state index contributed by atoms with van der Waals surface area (Å²) in [6, 6.07) is 9.99. The number of likely N-dealkylation sites (N-methyl/N-ethyl adjacent to an activating group) is 2. The third kappa shape index (κ3) is 6.30. The number of furan rings is 1. The number of benzene rings is 1. The molecule has 0 saturated heterocycles.